The predicted octanol–water partition coefficient (Wildman–Crippen LogP) is 2.30. The maximum Gasteiger partial charge on any atom is 0.133 e. The summed E-state index contributed by atoms with van der Waals surface area (Å²) in [5.74, 6) is 0.583. The van der Waals surface area contributed by atoms with Crippen molar-refractivity contribution in [3.8, 4) is 0 Å². The lowest BCUT2D eigenvalue weighted by atomic mass is 10.1. The smallest absolute Gasteiger partial charge is 0.133 e. The zero-order valence-corrected chi connectivity index (χ0v) is 7.49. The van der Waals surface area contributed by atoms with Gasteiger partial charge in [0.15, 0.2) is 0 Å². The molecule has 0 fully saturated rings. The highest BCUT2D eigenvalue weighted by atomic mass is 14.9. The molecule has 3 N–H and O–H groups in total. The summed E-state index contributed by atoms with van der Waals surface area (Å²) in [6.45, 7) is 0. The molecule has 0 saturated carbocycles. The van der Waals surface area contributed by atoms with E-state index in [0.29, 0.717) is 5.82 Å². The van der Waals surface area contributed by atoms with Crippen LogP contribution in [0.5, 0.6) is 0 Å². The number of rotatable bonds is 0. The maximum absolute atomic E-state index is 5.84. The van der Waals surface area contributed by atoms with E-state index in [2.05, 4.69) is 9.97 Å². The van der Waals surface area contributed by atoms with Gasteiger partial charge in [0.2, 0.25) is 0 Å². The Labute approximate surface area is 80.6 Å². The van der Waals surface area contributed by atoms with E-state index < -0.39 is 0 Å². The second-order valence-electron chi connectivity index (χ2n) is 3.28. The van der Waals surface area contributed by atoms with Crippen molar-refractivity contribution in [2.24, 2.45) is 0 Å². The standard InChI is InChI=1S/C11H9N3/c12-11-8-5-6-13-10(8)7-3-1-2-4-9(7)14-11/h1-6,13H,(H2,12,14). The second-order valence-corrected chi connectivity index (χ2v) is 3.28. The molecule has 0 saturated heterocycles. The molecule has 3 nitrogen and oxygen atoms in total. The molecule has 0 spiro atoms. The van der Waals surface area contributed by atoms with Gasteiger partial charge in [-0.2, -0.15) is 0 Å². The number of para-hydroxylation sites is 1. The number of nitrogens with one attached hydrogen (secondary N) is 1. The van der Waals surface area contributed by atoms with E-state index in [-0.39, 0.29) is 0 Å². The lowest BCUT2D eigenvalue weighted by Crippen LogP contribution is -1.91. The van der Waals surface area contributed by atoms with Crippen molar-refractivity contribution < 1.29 is 0 Å². The van der Waals surface area contributed by atoms with Crippen LogP contribution in [0.3, 0.4) is 0 Å². The fraction of sp³-hybridized carbons (Fsp3) is 0. The van der Waals surface area contributed by atoms with Crippen LogP contribution < -0.4 is 5.73 Å². The summed E-state index contributed by atoms with van der Waals surface area (Å²) in [7, 11) is 0. The molecule has 2 aromatic heterocycles. The molecule has 3 heteroatoms. The Morgan fingerprint density at radius 3 is 2.86 bits per heavy atom. The minimum atomic E-state index is 0.583. The SMILES string of the molecule is Nc1nc2ccccc2c2[nH]ccc12. The fourth-order valence-electron chi connectivity index (χ4n) is 1.78. The molecule has 0 aliphatic rings. The van der Waals surface area contributed by atoms with Gasteiger partial charge < -0.3 is 10.7 Å². The van der Waals surface area contributed by atoms with Gasteiger partial charge in [-0.1, -0.05) is 18.2 Å². The Morgan fingerprint density at radius 2 is 1.93 bits per heavy atom. The van der Waals surface area contributed by atoms with Gasteiger partial charge in [-0.05, 0) is 12.1 Å². The quantitative estimate of drug-likeness (QED) is 0.561. The topological polar surface area (TPSA) is 54.7 Å². The molecule has 0 amide bonds. The highest BCUT2D eigenvalue weighted by Gasteiger charge is 2.05. The van der Waals surface area contributed by atoms with Crippen molar-refractivity contribution in [2.45, 2.75) is 0 Å². The molecule has 0 radical (unpaired) electrons. The zero-order valence-electron chi connectivity index (χ0n) is 7.49. The van der Waals surface area contributed by atoms with Crippen LogP contribution in [0.15, 0.2) is 36.5 Å². The average Bonchev–Trinajstić information content (AvgIpc) is 2.67. The highest BCUT2D eigenvalue weighted by Crippen LogP contribution is 2.25. The molecule has 0 aliphatic heterocycles. The lowest BCUT2D eigenvalue weighted by Gasteiger charge is -2.01. The Hall–Kier alpha value is -2.03. The number of anilines is 1. The summed E-state index contributed by atoms with van der Waals surface area (Å²) in [5.41, 5.74) is 7.83. The van der Waals surface area contributed by atoms with Gasteiger partial charge in [0.05, 0.1) is 11.0 Å². The van der Waals surface area contributed by atoms with Crippen molar-refractivity contribution in [2.75, 3.05) is 5.73 Å². The van der Waals surface area contributed by atoms with Crippen molar-refractivity contribution in [3.63, 3.8) is 0 Å². The first-order chi connectivity index (χ1) is 6.86. The number of hydrogen-bond acceptors (Lipinski definition) is 2. The van der Waals surface area contributed by atoms with Crippen molar-refractivity contribution in [1.82, 2.24) is 9.97 Å². The summed E-state index contributed by atoms with van der Waals surface area (Å²) in [6.07, 6.45) is 1.88. The van der Waals surface area contributed by atoms with Gasteiger partial charge in [0.25, 0.3) is 0 Å². The molecule has 1 aromatic carbocycles. The molecule has 0 unspecified atom stereocenters. The number of nitrogens with two attached hydrogens (primary N) is 1. The minimum Gasteiger partial charge on any atom is -0.383 e. The van der Waals surface area contributed by atoms with Crippen LogP contribution in [0, 0.1) is 0 Å². The van der Waals surface area contributed by atoms with Crippen LogP contribution in [-0.2, 0) is 0 Å². The minimum absolute atomic E-state index is 0.583. The first-order valence-corrected chi connectivity index (χ1v) is 4.47. The fourth-order valence-corrected chi connectivity index (χ4v) is 1.78. The second kappa shape index (κ2) is 2.48. The third kappa shape index (κ3) is 0.836. The Bertz CT molecular complexity index is 610. The van der Waals surface area contributed by atoms with E-state index in [1.807, 2.05) is 36.5 Å². The number of aromatic amines is 1. The van der Waals surface area contributed by atoms with Crippen molar-refractivity contribution >= 4 is 27.6 Å². The van der Waals surface area contributed by atoms with Crippen LogP contribution in [0.2, 0.25) is 0 Å². The predicted molar refractivity (Wildman–Crippen MR) is 58.0 cm³/mol. The molecular formula is C11H9N3. The van der Waals surface area contributed by atoms with Crippen LogP contribution in [-0.4, -0.2) is 9.97 Å². The van der Waals surface area contributed by atoms with E-state index in [4.69, 9.17) is 5.73 Å². The molecule has 3 aromatic rings. The van der Waals surface area contributed by atoms with Gasteiger partial charge in [-0.15, -0.1) is 0 Å². The summed E-state index contributed by atoms with van der Waals surface area (Å²) in [5, 5.41) is 2.10. The van der Waals surface area contributed by atoms with Gasteiger partial charge in [-0.25, -0.2) is 4.98 Å². The molecular weight excluding hydrogens is 174 g/mol. The van der Waals surface area contributed by atoms with Gasteiger partial charge >= 0.3 is 0 Å². The van der Waals surface area contributed by atoms with E-state index in [1.54, 1.807) is 0 Å². The van der Waals surface area contributed by atoms with Gasteiger partial charge in [0.1, 0.15) is 5.82 Å². The number of aromatic nitrogens is 2. The Morgan fingerprint density at radius 1 is 1.07 bits per heavy atom. The van der Waals surface area contributed by atoms with Crippen LogP contribution in [0.25, 0.3) is 21.8 Å². The first-order valence-electron chi connectivity index (χ1n) is 4.47. The first kappa shape index (κ1) is 7.38. The van der Waals surface area contributed by atoms with Crippen molar-refractivity contribution in [3.05, 3.63) is 36.5 Å². The summed E-state index contributed by atoms with van der Waals surface area (Å²) in [6, 6.07) is 9.92. The summed E-state index contributed by atoms with van der Waals surface area (Å²) in [4.78, 5) is 7.52. The summed E-state index contributed by atoms with van der Waals surface area (Å²) >= 11 is 0. The third-order valence-electron chi connectivity index (χ3n) is 2.44. The number of fused-ring (bicyclic) bond motifs is 3. The molecule has 3 rings (SSSR count). The van der Waals surface area contributed by atoms with E-state index in [0.717, 1.165) is 21.8 Å². The number of hydrogen-bond donors (Lipinski definition) is 2. The van der Waals surface area contributed by atoms with Gasteiger partial charge in [0, 0.05) is 17.0 Å². The number of nitrogen functional groups attached to an aromatic ring is 1. The van der Waals surface area contributed by atoms with Crippen LogP contribution in [0.1, 0.15) is 0 Å². The molecule has 2 heterocycles. The van der Waals surface area contributed by atoms with E-state index in [9.17, 15) is 0 Å². The highest BCUT2D eigenvalue weighted by molar-refractivity contribution is 6.07. The Balaban J connectivity index is 2.66. The van der Waals surface area contributed by atoms with Crippen molar-refractivity contribution in [1.29, 1.82) is 0 Å². The van der Waals surface area contributed by atoms with Gasteiger partial charge in [-0.3, -0.25) is 0 Å². The molecule has 68 valence electrons. The molecule has 14 heavy (non-hydrogen) atoms. The lowest BCUT2D eigenvalue weighted by molar-refractivity contribution is 1.43. The maximum atomic E-state index is 5.84. The molecule has 0 atom stereocenters. The number of nitrogens with zero attached hydrogens (tertiary/aromatic N) is 1. The van der Waals surface area contributed by atoms with Crippen LogP contribution in [0.4, 0.5) is 5.82 Å². The number of benzene rings is 1. The zero-order chi connectivity index (χ0) is 9.54. The van der Waals surface area contributed by atoms with E-state index in [1.165, 1.54) is 0 Å². The van der Waals surface area contributed by atoms with E-state index >= 15 is 0 Å². The number of H-pyrrole nitrogens is 1. The number of pyridine rings is 1. The Kier molecular flexibility index (Phi) is 1.31. The molecule has 0 aliphatic carbocycles. The average molecular weight is 183 g/mol. The monoisotopic (exact) mass is 183 g/mol. The summed E-state index contributed by atoms with van der Waals surface area (Å²) < 4.78 is 0. The third-order valence-corrected chi connectivity index (χ3v) is 2.44. The largest absolute Gasteiger partial charge is 0.383 e. The molecule has 0 bridgehead atoms. The normalized spacial score (nSPS) is 11.1. The van der Waals surface area contributed by atoms with Crippen LogP contribution >= 0.6 is 0 Å².